The van der Waals surface area contributed by atoms with Crippen molar-refractivity contribution in [1.29, 1.82) is 0 Å². The molecule has 23 heavy (non-hydrogen) atoms. The van der Waals surface area contributed by atoms with Gasteiger partial charge in [-0.1, -0.05) is 30.3 Å². The van der Waals surface area contributed by atoms with Crippen LogP contribution in [0.1, 0.15) is 10.4 Å². The van der Waals surface area contributed by atoms with E-state index in [-0.39, 0.29) is 5.97 Å². The van der Waals surface area contributed by atoms with Crippen LogP contribution >= 0.6 is 0 Å². The first-order valence-electron chi connectivity index (χ1n) is 7.35. The third-order valence-electron chi connectivity index (χ3n) is 3.88. The number of rotatable bonds is 3. The van der Waals surface area contributed by atoms with E-state index >= 15 is 0 Å². The lowest BCUT2D eigenvalue weighted by molar-refractivity contribution is 0.0603. The predicted octanol–water partition coefficient (Wildman–Crippen LogP) is 3.75. The topological polar surface area (TPSA) is 42.4 Å². The molecular weight excluding hydrogens is 288 g/mol. The molecule has 3 aromatic rings. The minimum absolute atomic E-state index is 0.335. The second kappa shape index (κ2) is 6.08. The molecule has 0 N–H and O–H groups in total. The lowest BCUT2D eigenvalue weighted by atomic mass is 9.94. The Bertz CT molecular complexity index is 867. The van der Waals surface area contributed by atoms with Crippen molar-refractivity contribution in [2.24, 2.45) is 0 Å². The number of carbonyl (C=O) groups is 1. The lowest BCUT2D eigenvalue weighted by Gasteiger charge is -2.18. The van der Waals surface area contributed by atoms with E-state index in [2.05, 4.69) is 4.98 Å². The van der Waals surface area contributed by atoms with Crippen LogP contribution in [-0.4, -0.2) is 32.2 Å². The van der Waals surface area contributed by atoms with Gasteiger partial charge in [-0.3, -0.25) is 4.98 Å². The Morgan fingerprint density at radius 3 is 2.48 bits per heavy atom. The summed E-state index contributed by atoms with van der Waals surface area (Å²) < 4.78 is 4.95. The minimum atomic E-state index is -0.335. The number of hydrogen-bond acceptors (Lipinski definition) is 4. The number of benzene rings is 2. The molecule has 0 fully saturated rings. The Balaban J connectivity index is 2.37. The van der Waals surface area contributed by atoms with Crippen LogP contribution in [0.15, 0.2) is 54.9 Å². The van der Waals surface area contributed by atoms with E-state index in [9.17, 15) is 4.79 Å². The molecule has 116 valence electrons. The number of nitrogens with zero attached hydrogens (tertiary/aromatic N) is 2. The Morgan fingerprint density at radius 1 is 1.04 bits per heavy atom. The van der Waals surface area contributed by atoms with Gasteiger partial charge in [-0.05, 0) is 23.1 Å². The molecule has 4 heteroatoms. The van der Waals surface area contributed by atoms with Crippen LogP contribution in [0.4, 0.5) is 5.69 Å². The number of ether oxygens (including phenoxy) is 1. The number of anilines is 1. The monoisotopic (exact) mass is 306 g/mol. The molecule has 0 spiro atoms. The highest BCUT2D eigenvalue weighted by atomic mass is 16.5. The number of pyridine rings is 1. The molecule has 2 aromatic carbocycles. The maximum absolute atomic E-state index is 12.2. The van der Waals surface area contributed by atoms with Crippen molar-refractivity contribution in [3.8, 4) is 11.1 Å². The van der Waals surface area contributed by atoms with E-state index in [1.54, 1.807) is 12.3 Å². The zero-order chi connectivity index (χ0) is 16.4. The lowest BCUT2D eigenvalue weighted by Crippen LogP contribution is -2.10. The van der Waals surface area contributed by atoms with Crippen LogP contribution < -0.4 is 4.90 Å². The van der Waals surface area contributed by atoms with Crippen molar-refractivity contribution < 1.29 is 9.53 Å². The van der Waals surface area contributed by atoms with Gasteiger partial charge in [0.25, 0.3) is 0 Å². The maximum Gasteiger partial charge on any atom is 0.338 e. The average Bonchev–Trinajstić information content (AvgIpc) is 2.60. The Morgan fingerprint density at radius 2 is 1.78 bits per heavy atom. The molecule has 0 aliphatic carbocycles. The van der Waals surface area contributed by atoms with Crippen molar-refractivity contribution in [1.82, 2.24) is 4.98 Å². The van der Waals surface area contributed by atoms with Crippen LogP contribution in [0.5, 0.6) is 0 Å². The quantitative estimate of drug-likeness (QED) is 0.691. The summed E-state index contributed by atoms with van der Waals surface area (Å²) in [6.07, 6.45) is 3.60. The molecule has 4 nitrogen and oxygen atoms in total. The highest BCUT2D eigenvalue weighted by Crippen LogP contribution is 2.36. The molecule has 0 atom stereocenters. The molecule has 0 unspecified atom stereocenters. The van der Waals surface area contributed by atoms with E-state index in [4.69, 9.17) is 4.74 Å². The molecule has 0 radical (unpaired) electrons. The summed E-state index contributed by atoms with van der Waals surface area (Å²) >= 11 is 0. The van der Waals surface area contributed by atoms with E-state index in [0.717, 1.165) is 27.6 Å². The zero-order valence-electron chi connectivity index (χ0n) is 13.4. The van der Waals surface area contributed by atoms with Crippen molar-refractivity contribution >= 4 is 22.4 Å². The summed E-state index contributed by atoms with van der Waals surface area (Å²) in [5, 5.41) is 1.89. The number of hydrogen-bond donors (Lipinski definition) is 0. The highest BCUT2D eigenvalue weighted by Gasteiger charge is 2.16. The Labute approximate surface area is 135 Å². The molecule has 3 rings (SSSR count). The molecule has 1 heterocycles. The summed E-state index contributed by atoms with van der Waals surface area (Å²) in [5.41, 5.74) is 3.57. The third kappa shape index (κ3) is 2.63. The first-order chi connectivity index (χ1) is 11.1. The molecule has 0 aliphatic rings. The molecule has 1 aromatic heterocycles. The number of esters is 1. The van der Waals surface area contributed by atoms with E-state index < -0.39 is 0 Å². The van der Waals surface area contributed by atoms with Crippen LogP contribution in [0.2, 0.25) is 0 Å². The minimum Gasteiger partial charge on any atom is -0.465 e. The Kier molecular flexibility index (Phi) is 3.98. The Hall–Kier alpha value is -2.88. The summed E-state index contributed by atoms with van der Waals surface area (Å²) in [4.78, 5) is 18.5. The fraction of sp³-hybridized carbons (Fsp3) is 0.158. The molecule has 0 aliphatic heterocycles. The van der Waals surface area contributed by atoms with E-state index in [1.165, 1.54) is 7.11 Å². The van der Waals surface area contributed by atoms with E-state index in [1.807, 2.05) is 61.6 Å². The standard InChI is InChI=1S/C19H18N2O2/c1-21(2)17-10-11-20-12-16(17)14-8-4-6-13-7-5-9-15(18(13)14)19(22)23-3/h4-12H,1-3H3. The van der Waals surface area contributed by atoms with Crippen LogP contribution in [0.3, 0.4) is 0 Å². The van der Waals surface area contributed by atoms with Gasteiger partial charge >= 0.3 is 5.97 Å². The van der Waals surface area contributed by atoms with Gasteiger partial charge in [0.2, 0.25) is 0 Å². The molecule has 0 saturated heterocycles. The van der Waals surface area contributed by atoms with Crippen LogP contribution in [0, 0.1) is 0 Å². The molecular formula is C19H18N2O2. The molecule has 0 amide bonds. The number of fused-ring (bicyclic) bond motifs is 1. The van der Waals surface area contributed by atoms with Gasteiger partial charge in [-0.25, -0.2) is 4.79 Å². The molecule has 0 bridgehead atoms. The third-order valence-corrected chi connectivity index (χ3v) is 3.88. The van der Waals surface area contributed by atoms with Crippen molar-refractivity contribution in [3.05, 3.63) is 60.4 Å². The number of methoxy groups -OCH3 is 1. The summed E-state index contributed by atoms with van der Waals surface area (Å²) in [6, 6.07) is 13.6. The van der Waals surface area contributed by atoms with Crippen molar-refractivity contribution in [2.45, 2.75) is 0 Å². The highest BCUT2D eigenvalue weighted by molar-refractivity contribution is 6.11. The van der Waals surface area contributed by atoms with Crippen LogP contribution in [-0.2, 0) is 4.74 Å². The normalized spacial score (nSPS) is 10.6. The smallest absolute Gasteiger partial charge is 0.338 e. The van der Waals surface area contributed by atoms with Gasteiger partial charge in [0.1, 0.15) is 0 Å². The number of aromatic nitrogens is 1. The van der Waals surface area contributed by atoms with Gasteiger partial charge in [0.05, 0.1) is 12.7 Å². The average molecular weight is 306 g/mol. The molecule has 0 saturated carbocycles. The van der Waals surface area contributed by atoms with Gasteiger partial charge in [-0.15, -0.1) is 0 Å². The second-order valence-corrected chi connectivity index (χ2v) is 5.49. The maximum atomic E-state index is 12.2. The largest absolute Gasteiger partial charge is 0.465 e. The van der Waals surface area contributed by atoms with Crippen molar-refractivity contribution in [2.75, 3.05) is 26.1 Å². The summed E-state index contributed by atoms with van der Waals surface area (Å²) in [7, 11) is 5.38. The summed E-state index contributed by atoms with van der Waals surface area (Å²) in [5.74, 6) is -0.335. The van der Waals surface area contributed by atoms with Gasteiger partial charge in [0.15, 0.2) is 0 Å². The first kappa shape index (κ1) is 15.0. The van der Waals surface area contributed by atoms with Crippen LogP contribution in [0.25, 0.3) is 21.9 Å². The zero-order valence-corrected chi connectivity index (χ0v) is 13.4. The SMILES string of the molecule is COC(=O)c1cccc2cccc(-c3cnccc3N(C)C)c12. The van der Waals surface area contributed by atoms with Gasteiger partial charge in [-0.2, -0.15) is 0 Å². The first-order valence-corrected chi connectivity index (χ1v) is 7.35. The van der Waals surface area contributed by atoms with E-state index in [0.29, 0.717) is 5.56 Å². The van der Waals surface area contributed by atoms with Gasteiger partial charge < -0.3 is 9.64 Å². The second-order valence-electron chi connectivity index (χ2n) is 5.49. The fourth-order valence-electron chi connectivity index (χ4n) is 2.83. The fourth-order valence-corrected chi connectivity index (χ4v) is 2.83. The van der Waals surface area contributed by atoms with Crippen molar-refractivity contribution in [3.63, 3.8) is 0 Å². The number of carbonyl (C=O) groups excluding carboxylic acids is 1. The predicted molar refractivity (Wildman–Crippen MR) is 92.8 cm³/mol. The summed E-state index contributed by atoms with van der Waals surface area (Å²) in [6.45, 7) is 0. The van der Waals surface area contributed by atoms with Gasteiger partial charge in [0, 0.05) is 43.1 Å².